The van der Waals surface area contributed by atoms with Crippen molar-refractivity contribution < 1.29 is 14.0 Å². The number of carbonyl (C=O) groups excluding carboxylic acids is 2. The highest BCUT2D eigenvalue weighted by atomic mass is 19.1. The maximum absolute atomic E-state index is 13.2. The molecule has 1 saturated heterocycles. The summed E-state index contributed by atoms with van der Waals surface area (Å²) in [7, 11) is 0. The van der Waals surface area contributed by atoms with Crippen molar-refractivity contribution in [3.63, 3.8) is 0 Å². The van der Waals surface area contributed by atoms with Crippen LogP contribution < -0.4 is 10.6 Å². The van der Waals surface area contributed by atoms with Crippen molar-refractivity contribution in [2.45, 2.75) is 25.7 Å². The Labute approximate surface area is 98.2 Å². The number of halogens is 1. The van der Waals surface area contributed by atoms with Crippen LogP contribution >= 0.6 is 0 Å². The van der Waals surface area contributed by atoms with Crippen molar-refractivity contribution in [3.8, 4) is 0 Å². The van der Waals surface area contributed by atoms with Gasteiger partial charge in [0, 0.05) is 18.9 Å². The van der Waals surface area contributed by atoms with Crippen LogP contribution in [-0.2, 0) is 9.59 Å². The maximum atomic E-state index is 13.2. The molecule has 2 rings (SSSR count). The number of benzene rings is 1. The van der Waals surface area contributed by atoms with E-state index in [9.17, 15) is 14.0 Å². The molecule has 1 heterocycles. The molecule has 0 radical (unpaired) electrons. The summed E-state index contributed by atoms with van der Waals surface area (Å²) < 4.78 is 13.2. The molecule has 0 bridgehead atoms. The van der Waals surface area contributed by atoms with Gasteiger partial charge in [-0.15, -0.1) is 0 Å². The van der Waals surface area contributed by atoms with Gasteiger partial charge in [-0.3, -0.25) is 9.59 Å². The zero-order chi connectivity index (χ0) is 12.4. The second-order valence-electron chi connectivity index (χ2n) is 4.03. The zero-order valence-corrected chi connectivity index (χ0v) is 9.28. The predicted molar refractivity (Wildman–Crippen MR) is 61.8 cm³/mol. The second-order valence-corrected chi connectivity index (χ2v) is 4.03. The Morgan fingerprint density at radius 3 is 2.29 bits per heavy atom. The summed E-state index contributed by atoms with van der Waals surface area (Å²) in [6.07, 6.45) is 1.94. The number of rotatable bonds is 1. The lowest BCUT2D eigenvalue weighted by molar-refractivity contribution is -0.125. The molecule has 1 aliphatic heterocycles. The van der Waals surface area contributed by atoms with Crippen LogP contribution in [0.1, 0.15) is 25.7 Å². The number of nitrogen functional groups attached to an aromatic ring is 1. The van der Waals surface area contributed by atoms with E-state index in [1.54, 1.807) is 0 Å². The molecule has 0 saturated carbocycles. The van der Waals surface area contributed by atoms with E-state index in [-0.39, 0.29) is 23.2 Å². The molecule has 2 amide bonds. The van der Waals surface area contributed by atoms with E-state index < -0.39 is 5.82 Å². The van der Waals surface area contributed by atoms with Crippen LogP contribution in [0, 0.1) is 5.82 Å². The highest BCUT2D eigenvalue weighted by Gasteiger charge is 2.27. The molecule has 1 aromatic carbocycles. The lowest BCUT2D eigenvalue weighted by atomic mass is 10.2. The molecule has 0 spiro atoms. The van der Waals surface area contributed by atoms with Crippen LogP contribution in [0.25, 0.3) is 0 Å². The Morgan fingerprint density at radius 2 is 1.71 bits per heavy atom. The molecule has 1 fully saturated rings. The number of nitrogens with two attached hydrogens (primary N) is 1. The molecule has 1 aromatic rings. The summed E-state index contributed by atoms with van der Waals surface area (Å²) >= 11 is 0. The van der Waals surface area contributed by atoms with E-state index in [1.807, 2.05) is 0 Å². The monoisotopic (exact) mass is 236 g/mol. The first-order valence-corrected chi connectivity index (χ1v) is 5.50. The standard InChI is InChI=1S/C12H13FN2O2/c13-8-5-6-9(14)10(7-8)15-11(16)3-1-2-4-12(15)17/h5-7H,1-4,14H2. The van der Waals surface area contributed by atoms with Crippen molar-refractivity contribution in [1.29, 1.82) is 0 Å². The van der Waals surface area contributed by atoms with Gasteiger partial charge in [0.1, 0.15) is 5.82 Å². The average Bonchev–Trinajstić information content (AvgIpc) is 2.44. The smallest absolute Gasteiger partial charge is 0.233 e. The first kappa shape index (κ1) is 11.6. The van der Waals surface area contributed by atoms with Gasteiger partial charge in [0.25, 0.3) is 0 Å². The van der Waals surface area contributed by atoms with Crippen LogP contribution in [0.2, 0.25) is 0 Å². The summed E-state index contributed by atoms with van der Waals surface area (Å²) in [6.45, 7) is 0. The third kappa shape index (κ3) is 2.27. The molecule has 0 aliphatic carbocycles. The number of hydrogen-bond acceptors (Lipinski definition) is 3. The van der Waals surface area contributed by atoms with Gasteiger partial charge in [-0.05, 0) is 25.0 Å². The summed E-state index contributed by atoms with van der Waals surface area (Å²) in [5.74, 6) is -1.14. The van der Waals surface area contributed by atoms with E-state index in [0.717, 1.165) is 11.0 Å². The molecule has 4 nitrogen and oxygen atoms in total. The Morgan fingerprint density at radius 1 is 1.12 bits per heavy atom. The number of hydrogen-bond donors (Lipinski definition) is 1. The van der Waals surface area contributed by atoms with E-state index >= 15 is 0 Å². The fourth-order valence-corrected chi connectivity index (χ4v) is 1.89. The third-order valence-corrected chi connectivity index (χ3v) is 2.76. The van der Waals surface area contributed by atoms with E-state index in [4.69, 9.17) is 5.73 Å². The van der Waals surface area contributed by atoms with Gasteiger partial charge in [0.05, 0.1) is 11.4 Å². The molecule has 2 N–H and O–H groups in total. The number of carbonyl (C=O) groups is 2. The number of anilines is 2. The molecule has 1 aliphatic rings. The van der Waals surface area contributed by atoms with E-state index in [1.165, 1.54) is 12.1 Å². The van der Waals surface area contributed by atoms with Crippen LogP contribution in [0.5, 0.6) is 0 Å². The van der Waals surface area contributed by atoms with Crippen LogP contribution in [0.3, 0.4) is 0 Å². The van der Waals surface area contributed by atoms with Crippen molar-refractivity contribution >= 4 is 23.2 Å². The highest BCUT2D eigenvalue weighted by molar-refractivity contribution is 6.16. The SMILES string of the molecule is Nc1ccc(F)cc1N1C(=O)CCCCC1=O. The van der Waals surface area contributed by atoms with Gasteiger partial charge >= 0.3 is 0 Å². The Kier molecular flexibility index (Phi) is 3.08. The van der Waals surface area contributed by atoms with Gasteiger partial charge < -0.3 is 5.73 Å². The average molecular weight is 236 g/mol. The number of nitrogens with zero attached hydrogens (tertiary/aromatic N) is 1. The zero-order valence-electron chi connectivity index (χ0n) is 9.28. The van der Waals surface area contributed by atoms with Crippen molar-refractivity contribution in [2.24, 2.45) is 0 Å². The molecular weight excluding hydrogens is 223 g/mol. The lowest BCUT2D eigenvalue weighted by Gasteiger charge is -2.20. The van der Waals surface area contributed by atoms with E-state index in [2.05, 4.69) is 0 Å². The van der Waals surface area contributed by atoms with Crippen molar-refractivity contribution in [1.82, 2.24) is 0 Å². The number of amides is 2. The summed E-state index contributed by atoms with van der Waals surface area (Å²) in [6, 6.07) is 3.68. The first-order chi connectivity index (χ1) is 8.09. The lowest BCUT2D eigenvalue weighted by Crippen LogP contribution is -2.35. The van der Waals surface area contributed by atoms with E-state index in [0.29, 0.717) is 25.7 Å². The topological polar surface area (TPSA) is 63.4 Å². The fourth-order valence-electron chi connectivity index (χ4n) is 1.89. The largest absolute Gasteiger partial charge is 0.397 e. The van der Waals surface area contributed by atoms with Gasteiger partial charge in [-0.1, -0.05) is 0 Å². The molecule has 0 atom stereocenters. The van der Waals surface area contributed by atoms with Gasteiger partial charge in [-0.25, -0.2) is 9.29 Å². The Balaban J connectivity index is 2.45. The minimum absolute atomic E-state index is 0.155. The molecular formula is C12H13FN2O2. The molecule has 17 heavy (non-hydrogen) atoms. The second kappa shape index (κ2) is 4.53. The first-order valence-electron chi connectivity index (χ1n) is 5.50. The van der Waals surface area contributed by atoms with Gasteiger partial charge in [0.15, 0.2) is 0 Å². The minimum atomic E-state index is -0.515. The van der Waals surface area contributed by atoms with Crippen LogP contribution in [-0.4, -0.2) is 11.8 Å². The summed E-state index contributed by atoms with van der Waals surface area (Å²) in [5.41, 5.74) is 6.07. The minimum Gasteiger partial charge on any atom is -0.397 e. The van der Waals surface area contributed by atoms with Crippen LogP contribution in [0.15, 0.2) is 18.2 Å². The highest BCUT2D eigenvalue weighted by Crippen LogP contribution is 2.27. The van der Waals surface area contributed by atoms with Crippen molar-refractivity contribution in [2.75, 3.05) is 10.6 Å². The predicted octanol–water partition coefficient (Wildman–Crippen LogP) is 1.84. The normalized spacial score (nSPS) is 17.1. The third-order valence-electron chi connectivity index (χ3n) is 2.76. The van der Waals surface area contributed by atoms with Gasteiger partial charge in [0.2, 0.25) is 11.8 Å². The molecule has 5 heteroatoms. The molecule has 0 unspecified atom stereocenters. The number of imide groups is 1. The Bertz CT molecular complexity index is 456. The summed E-state index contributed by atoms with van der Waals surface area (Å²) in [5, 5.41) is 0. The fraction of sp³-hybridized carbons (Fsp3) is 0.333. The molecule has 90 valence electrons. The quantitative estimate of drug-likeness (QED) is 0.597. The molecule has 0 aromatic heterocycles. The Hall–Kier alpha value is -1.91. The van der Waals surface area contributed by atoms with Crippen LogP contribution in [0.4, 0.5) is 15.8 Å². The van der Waals surface area contributed by atoms with Crippen molar-refractivity contribution in [3.05, 3.63) is 24.0 Å². The van der Waals surface area contributed by atoms with Gasteiger partial charge in [-0.2, -0.15) is 0 Å². The maximum Gasteiger partial charge on any atom is 0.233 e. The summed E-state index contributed by atoms with van der Waals surface area (Å²) in [4.78, 5) is 24.6.